The van der Waals surface area contributed by atoms with Crippen LogP contribution in [0.1, 0.15) is 34.1 Å². The summed E-state index contributed by atoms with van der Waals surface area (Å²) in [7, 11) is 0. The Balaban J connectivity index is 0.000000271. The van der Waals surface area contributed by atoms with Gasteiger partial charge in [0.05, 0.1) is 12.2 Å². The fourth-order valence-corrected chi connectivity index (χ4v) is 4.47. The van der Waals surface area contributed by atoms with Crippen molar-refractivity contribution < 1.29 is 46.1 Å². The number of halogens is 6. The van der Waals surface area contributed by atoms with E-state index >= 15 is 0 Å². The van der Waals surface area contributed by atoms with E-state index < -0.39 is 24.3 Å². The average molecular weight is 545 g/mol. The van der Waals surface area contributed by atoms with Crippen LogP contribution in [0.25, 0.3) is 0 Å². The third-order valence-electron chi connectivity index (χ3n) is 5.18. The van der Waals surface area contributed by atoms with Gasteiger partial charge in [0.1, 0.15) is 5.82 Å². The Morgan fingerprint density at radius 3 is 1.94 bits per heavy atom. The molecule has 0 spiro atoms. The maximum atomic E-state index is 10.6. The van der Waals surface area contributed by atoms with Gasteiger partial charge in [-0.05, 0) is 45.0 Å². The first kappa shape index (κ1) is 29.6. The van der Waals surface area contributed by atoms with Gasteiger partial charge in [-0.15, -0.1) is 11.3 Å². The van der Waals surface area contributed by atoms with Crippen molar-refractivity contribution >= 4 is 23.3 Å². The van der Waals surface area contributed by atoms with Gasteiger partial charge in [0.25, 0.3) is 0 Å². The van der Waals surface area contributed by atoms with Gasteiger partial charge in [-0.1, -0.05) is 0 Å². The fourth-order valence-electron chi connectivity index (χ4n) is 3.53. The molecular weight excluding hydrogens is 518 g/mol. The second-order valence-corrected chi connectivity index (χ2v) is 9.53. The van der Waals surface area contributed by atoms with Crippen LogP contribution in [0.15, 0.2) is 18.3 Å². The smallest absolute Gasteiger partial charge is 0.475 e. The molecule has 2 aromatic rings. The minimum absolute atomic E-state index is 0.983. The molecule has 0 radical (unpaired) electrons. The molecule has 0 unspecified atom stereocenters. The number of carboxylic acid groups (broad SMARTS) is 2. The number of likely N-dealkylation sites (tertiary alicyclic amines) is 1. The van der Waals surface area contributed by atoms with Crippen LogP contribution in [0.5, 0.6) is 0 Å². The summed E-state index contributed by atoms with van der Waals surface area (Å²) >= 11 is 1.91. The minimum atomic E-state index is -5.08. The molecule has 0 aliphatic carbocycles. The lowest BCUT2D eigenvalue weighted by molar-refractivity contribution is -0.193. The highest BCUT2D eigenvalue weighted by Gasteiger charge is 2.38. The Morgan fingerprint density at radius 1 is 0.917 bits per heavy atom. The van der Waals surface area contributed by atoms with Crippen molar-refractivity contribution in [2.24, 2.45) is 0 Å². The molecule has 202 valence electrons. The van der Waals surface area contributed by atoms with Crippen molar-refractivity contribution in [2.75, 3.05) is 19.6 Å². The van der Waals surface area contributed by atoms with E-state index in [0.29, 0.717) is 0 Å². The molecule has 0 atom stereocenters. The van der Waals surface area contributed by atoms with E-state index in [9.17, 15) is 26.3 Å². The highest BCUT2D eigenvalue weighted by molar-refractivity contribution is 7.11. The zero-order valence-corrected chi connectivity index (χ0v) is 20.1. The molecule has 4 heterocycles. The number of aryl methyl sites for hydroxylation is 1. The molecule has 1 fully saturated rings. The number of carbonyl (C=O) groups is 2. The lowest BCUT2D eigenvalue weighted by Gasteiger charge is -2.26. The Labute approximate surface area is 206 Å². The van der Waals surface area contributed by atoms with Crippen LogP contribution < -0.4 is 0 Å². The average Bonchev–Trinajstić information content (AvgIpc) is 3.49. The van der Waals surface area contributed by atoms with Gasteiger partial charge < -0.3 is 14.8 Å². The molecule has 0 amide bonds. The van der Waals surface area contributed by atoms with Crippen LogP contribution in [0.3, 0.4) is 0 Å². The van der Waals surface area contributed by atoms with Crippen LogP contribution >= 0.6 is 11.3 Å². The maximum Gasteiger partial charge on any atom is 0.490 e. The second kappa shape index (κ2) is 12.5. The minimum Gasteiger partial charge on any atom is -0.475 e. The number of thiophene rings is 1. The summed E-state index contributed by atoms with van der Waals surface area (Å²) in [5, 5.41) is 14.2. The van der Waals surface area contributed by atoms with Crippen molar-refractivity contribution in [2.45, 2.75) is 58.3 Å². The zero-order valence-electron chi connectivity index (χ0n) is 19.3. The van der Waals surface area contributed by atoms with E-state index in [1.807, 2.05) is 11.3 Å². The molecule has 0 saturated carbocycles. The lowest BCUT2D eigenvalue weighted by atomic mass is 10.3. The van der Waals surface area contributed by atoms with Gasteiger partial charge in [0.15, 0.2) is 0 Å². The standard InChI is InChI=1S/C17H24N4S.2C2HF3O2/c1-14-4-5-16(22-14)12-20-8-9-21-11-15(18-17(21)13-20)10-19-6-2-3-7-19;2*3-2(4,5)1(6)7/h4-5,11H,2-3,6-10,12-13H2,1H3;2*(H,6,7). The summed E-state index contributed by atoms with van der Waals surface area (Å²) in [6.07, 6.45) is -5.19. The zero-order chi connectivity index (χ0) is 27.1. The van der Waals surface area contributed by atoms with Gasteiger partial charge in [-0.2, -0.15) is 26.3 Å². The number of carboxylic acids is 2. The van der Waals surface area contributed by atoms with E-state index in [4.69, 9.17) is 24.8 Å². The highest BCUT2D eigenvalue weighted by Crippen LogP contribution is 2.21. The normalized spacial score (nSPS) is 16.4. The first-order valence-electron chi connectivity index (χ1n) is 10.8. The first-order chi connectivity index (χ1) is 16.6. The fraction of sp³-hybridized carbons (Fsp3) is 0.571. The highest BCUT2D eigenvalue weighted by atomic mass is 32.1. The van der Waals surface area contributed by atoms with Gasteiger partial charge in [0.2, 0.25) is 0 Å². The van der Waals surface area contributed by atoms with Gasteiger partial charge in [0, 0.05) is 42.1 Å². The Morgan fingerprint density at radius 2 is 1.47 bits per heavy atom. The molecule has 2 aliphatic heterocycles. The molecule has 4 rings (SSSR count). The summed E-state index contributed by atoms with van der Waals surface area (Å²) in [5.41, 5.74) is 1.26. The monoisotopic (exact) mass is 544 g/mol. The number of rotatable bonds is 4. The molecular formula is C21H26F6N4O4S. The van der Waals surface area contributed by atoms with Crippen molar-refractivity contribution in [3.8, 4) is 0 Å². The van der Waals surface area contributed by atoms with Crippen molar-refractivity contribution in [1.29, 1.82) is 0 Å². The summed E-state index contributed by atoms with van der Waals surface area (Å²) < 4.78 is 65.8. The van der Waals surface area contributed by atoms with Crippen LogP contribution in [0.2, 0.25) is 0 Å². The Kier molecular flexibility index (Phi) is 10.3. The van der Waals surface area contributed by atoms with Crippen molar-refractivity contribution in [3.63, 3.8) is 0 Å². The van der Waals surface area contributed by atoms with Gasteiger partial charge in [-0.25, -0.2) is 14.6 Å². The number of imidazole rings is 1. The van der Waals surface area contributed by atoms with E-state index in [1.54, 1.807) is 0 Å². The van der Waals surface area contributed by atoms with Crippen LogP contribution in [-0.4, -0.2) is 73.5 Å². The molecule has 0 bridgehead atoms. The third-order valence-corrected chi connectivity index (χ3v) is 6.16. The molecule has 2 aromatic heterocycles. The number of aromatic nitrogens is 2. The molecule has 2 N–H and O–H groups in total. The number of hydrogen-bond donors (Lipinski definition) is 2. The third kappa shape index (κ3) is 9.78. The molecule has 2 aliphatic rings. The van der Waals surface area contributed by atoms with Gasteiger partial charge >= 0.3 is 24.3 Å². The topological polar surface area (TPSA) is 98.9 Å². The van der Waals surface area contributed by atoms with E-state index in [1.165, 1.54) is 47.2 Å². The van der Waals surface area contributed by atoms with Crippen LogP contribution in [0, 0.1) is 6.92 Å². The summed E-state index contributed by atoms with van der Waals surface area (Å²) in [4.78, 5) is 30.6. The summed E-state index contributed by atoms with van der Waals surface area (Å²) in [6.45, 7) is 9.95. The maximum absolute atomic E-state index is 10.6. The molecule has 8 nitrogen and oxygen atoms in total. The first-order valence-corrected chi connectivity index (χ1v) is 11.6. The number of nitrogens with zero attached hydrogens (tertiary/aromatic N) is 4. The van der Waals surface area contributed by atoms with Crippen LogP contribution in [0.4, 0.5) is 26.3 Å². The lowest BCUT2D eigenvalue weighted by Crippen LogP contribution is -2.32. The molecule has 0 aromatic carbocycles. The number of aliphatic carboxylic acids is 2. The van der Waals surface area contributed by atoms with E-state index in [2.05, 4.69) is 39.6 Å². The summed E-state index contributed by atoms with van der Waals surface area (Å²) in [5.74, 6) is -4.27. The quantitative estimate of drug-likeness (QED) is 0.559. The predicted molar refractivity (Wildman–Crippen MR) is 117 cm³/mol. The predicted octanol–water partition coefficient (Wildman–Crippen LogP) is 4.13. The largest absolute Gasteiger partial charge is 0.490 e. The van der Waals surface area contributed by atoms with Crippen molar-refractivity contribution in [1.82, 2.24) is 19.4 Å². The van der Waals surface area contributed by atoms with Gasteiger partial charge in [-0.3, -0.25) is 9.80 Å². The second-order valence-electron chi connectivity index (χ2n) is 8.15. The van der Waals surface area contributed by atoms with Crippen molar-refractivity contribution in [3.05, 3.63) is 39.6 Å². The molecule has 36 heavy (non-hydrogen) atoms. The molecule has 15 heteroatoms. The number of hydrogen-bond acceptors (Lipinski definition) is 6. The Hall–Kier alpha value is -2.65. The summed E-state index contributed by atoms with van der Waals surface area (Å²) in [6, 6.07) is 4.49. The number of alkyl halides is 6. The van der Waals surface area contributed by atoms with E-state index in [-0.39, 0.29) is 0 Å². The SMILES string of the molecule is Cc1ccc(CN2CCn3cc(CN4CCCC4)nc3C2)s1.O=C(O)C(F)(F)F.O=C(O)C(F)(F)F. The number of fused-ring (bicyclic) bond motifs is 1. The molecule has 1 saturated heterocycles. The van der Waals surface area contributed by atoms with Crippen LogP contribution in [-0.2, 0) is 35.8 Å². The Bertz CT molecular complexity index is 991. The van der Waals surface area contributed by atoms with E-state index in [0.717, 1.165) is 32.7 Å².